The number of nitrogens with zero attached hydrogens (tertiary/aromatic N) is 5. The van der Waals surface area contributed by atoms with Crippen molar-refractivity contribution in [2.45, 2.75) is 18.9 Å². The van der Waals surface area contributed by atoms with Gasteiger partial charge in [-0.1, -0.05) is 18.6 Å². The van der Waals surface area contributed by atoms with E-state index in [-0.39, 0.29) is 51.7 Å². The Labute approximate surface area is 301 Å². The third kappa shape index (κ3) is 7.39. The lowest BCUT2D eigenvalue weighted by Crippen LogP contribution is -2.44. The Hall–Kier alpha value is -4.47. The molecule has 3 fully saturated rings. The van der Waals surface area contributed by atoms with Gasteiger partial charge in [0, 0.05) is 60.6 Å². The topological polar surface area (TPSA) is 119 Å². The lowest BCUT2D eigenvalue weighted by Gasteiger charge is -2.30. The van der Waals surface area contributed by atoms with Crippen LogP contribution in [0, 0.1) is 29.4 Å². The van der Waals surface area contributed by atoms with E-state index in [2.05, 4.69) is 32.7 Å². The van der Waals surface area contributed by atoms with E-state index in [0.717, 1.165) is 32.5 Å². The molecule has 2 aliphatic heterocycles. The highest BCUT2D eigenvalue weighted by atomic mass is 31.2. The van der Waals surface area contributed by atoms with Crippen LogP contribution in [-0.2, 0) is 18.8 Å². The summed E-state index contributed by atoms with van der Waals surface area (Å²) in [7, 11) is -2.86. The molecule has 272 valence electrons. The summed E-state index contributed by atoms with van der Waals surface area (Å²) in [6.45, 7) is 12.3. The first-order valence-electron chi connectivity index (χ1n) is 17.3. The average molecular weight is 731 g/mol. The minimum Gasteiger partial charge on any atom is -0.463 e. The molecule has 2 aromatic heterocycles. The molecule has 52 heavy (non-hydrogen) atoms. The number of pyridine rings is 1. The second-order valence-electron chi connectivity index (χ2n) is 14.1. The summed E-state index contributed by atoms with van der Waals surface area (Å²) >= 11 is 0. The summed E-state index contributed by atoms with van der Waals surface area (Å²) in [6, 6.07) is 5.63. The quantitative estimate of drug-likeness (QED) is 0.143. The first kappa shape index (κ1) is 35.9. The summed E-state index contributed by atoms with van der Waals surface area (Å²) < 4.78 is 63.3. The van der Waals surface area contributed by atoms with Crippen molar-refractivity contribution in [1.29, 1.82) is 0 Å². The zero-order valence-electron chi connectivity index (χ0n) is 29.3. The molecule has 14 heteroatoms. The highest BCUT2D eigenvalue weighted by Crippen LogP contribution is 2.47. The fraction of sp³-hybridized carbons (Fsp3) is 0.421. The Morgan fingerprint density at radius 3 is 2.65 bits per heavy atom. The normalized spacial score (nSPS) is 19.2. The van der Waals surface area contributed by atoms with Crippen LogP contribution in [0.15, 0.2) is 43.1 Å². The molecule has 4 heterocycles. The third-order valence-electron chi connectivity index (χ3n) is 9.94. The standard InChI is InChI=1S/C38H41F2N6O5P/c1-5-27-30(39)8-7-24-17-26(52(3,4)48)18-28(32(24)27)34-33(40)35-29(19-41-34)36(46-13-16-50-21-25(20-46)42-31(47)6-2)44-37(43-35)51-23-38(9-10-38)22-45-11-14-49-15-12-45/h1,6-8,17-19,25H,2,9-16,20-23H2,3-4H3,(H,42,47). The predicted molar refractivity (Wildman–Crippen MR) is 197 cm³/mol. The van der Waals surface area contributed by atoms with Gasteiger partial charge in [-0.05, 0) is 55.8 Å². The predicted octanol–water partition coefficient (Wildman–Crippen LogP) is 4.35. The molecule has 1 amide bonds. The maximum absolute atomic E-state index is 17.2. The molecule has 7 rings (SSSR count). The van der Waals surface area contributed by atoms with Gasteiger partial charge in [0.25, 0.3) is 0 Å². The molecule has 1 unspecified atom stereocenters. The van der Waals surface area contributed by atoms with Gasteiger partial charge < -0.3 is 29.0 Å². The van der Waals surface area contributed by atoms with Crippen LogP contribution in [0.3, 0.4) is 0 Å². The smallest absolute Gasteiger partial charge is 0.319 e. The zero-order chi connectivity index (χ0) is 36.6. The Bertz CT molecular complexity index is 2140. The summed E-state index contributed by atoms with van der Waals surface area (Å²) in [6.07, 6.45) is 10.4. The van der Waals surface area contributed by atoms with Crippen molar-refractivity contribution in [3.8, 4) is 29.6 Å². The van der Waals surface area contributed by atoms with Crippen LogP contribution in [0.5, 0.6) is 6.01 Å². The van der Waals surface area contributed by atoms with Crippen LogP contribution < -0.4 is 20.3 Å². The van der Waals surface area contributed by atoms with E-state index >= 15 is 8.78 Å². The maximum atomic E-state index is 17.2. The average Bonchev–Trinajstić information content (AvgIpc) is 3.94. The first-order chi connectivity index (χ1) is 25.0. The van der Waals surface area contributed by atoms with E-state index in [1.807, 2.05) is 4.90 Å². The lowest BCUT2D eigenvalue weighted by atomic mass is 9.96. The Kier molecular flexibility index (Phi) is 10.0. The van der Waals surface area contributed by atoms with Gasteiger partial charge in [0.2, 0.25) is 5.91 Å². The first-order valence-corrected chi connectivity index (χ1v) is 19.9. The number of carbonyl (C=O) groups is 1. The van der Waals surface area contributed by atoms with Gasteiger partial charge in [-0.15, -0.1) is 6.42 Å². The van der Waals surface area contributed by atoms with E-state index in [0.29, 0.717) is 61.4 Å². The molecular formula is C38H41F2N6O5P. The van der Waals surface area contributed by atoms with Gasteiger partial charge in [0.15, 0.2) is 5.82 Å². The van der Waals surface area contributed by atoms with Crippen molar-refractivity contribution in [3.05, 3.63) is 60.3 Å². The Balaban J connectivity index is 1.35. The number of anilines is 1. The third-order valence-corrected chi connectivity index (χ3v) is 11.4. The Morgan fingerprint density at radius 2 is 1.94 bits per heavy atom. The monoisotopic (exact) mass is 730 g/mol. The minimum atomic E-state index is -2.86. The number of hydrogen-bond acceptors (Lipinski definition) is 10. The van der Waals surface area contributed by atoms with E-state index in [1.165, 1.54) is 24.4 Å². The molecule has 0 radical (unpaired) electrons. The molecular weight excluding hydrogens is 689 g/mol. The Morgan fingerprint density at radius 1 is 1.17 bits per heavy atom. The molecule has 4 aromatic rings. The second kappa shape index (κ2) is 14.5. The number of aromatic nitrogens is 3. The van der Waals surface area contributed by atoms with Crippen LogP contribution in [0.2, 0.25) is 0 Å². The van der Waals surface area contributed by atoms with Gasteiger partial charge in [-0.2, -0.15) is 9.97 Å². The number of rotatable bonds is 10. The second-order valence-corrected chi connectivity index (χ2v) is 17.3. The maximum Gasteiger partial charge on any atom is 0.319 e. The van der Waals surface area contributed by atoms with E-state index in [4.69, 9.17) is 25.6 Å². The van der Waals surface area contributed by atoms with Crippen molar-refractivity contribution in [3.63, 3.8) is 0 Å². The molecule has 0 spiro atoms. The molecule has 1 N–H and O–H groups in total. The molecule has 2 saturated heterocycles. The van der Waals surface area contributed by atoms with E-state index in [9.17, 15) is 9.36 Å². The number of terminal acetylenes is 1. The molecule has 2 aromatic carbocycles. The number of fused-ring (bicyclic) bond motifs is 2. The van der Waals surface area contributed by atoms with Gasteiger partial charge in [-0.3, -0.25) is 14.7 Å². The summed E-state index contributed by atoms with van der Waals surface area (Å²) in [5, 5.41) is 4.44. The molecule has 11 nitrogen and oxygen atoms in total. The number of hydrogen-bond donors (Lipinski definition) is 1. The van der Waals surface area contributed by atoms with Crippen LogP contribution in [0.1, 0.15) is 18.4 Å². The van der Waals surface area contributed by atoms with Crippen molar-refractivity contribution in [1.82, 2.24) is 25.2 Å². The lowest BCUT2D eigenvalue weighted by molar-refractivity contribution is -0.117. The zero-order valence-corrected chi connectivity index (χ0v) is 30.2. The van der Waals surface area contributed by atoms with Crippen molar-refractivity contribution in [2.24, 2.45) is 5.41 Å². The fourth-order valence-corrected chi connectivity index (χ4v) is 7.79. The van der Waals surface area contributed by atoms with Crippen LogP contribution in [-0.4, -0.2) is 111 Å². The molecule has 1 saturated carbocycles. The number of amides is 1. The molecule has 0 bridgehead atoms. The summed E-state index contributed by atoms with van der Waals surface area (Å²) in [5.41, 5.74) is -0.122. The molecule has 3 aliphatic rings. The van der Waals surface area contributed by atoms with Crippen LogP contribution in [0.4, 0.5) is 14.6 Å². The number of benzene rings is 2. The summed E-state index contributed by atoms with van der Waals surface area (Å²) in [4.78, 5) is 30.5. The van der Waals surface area contributed by atoms with Crippen LogP contribution in [0.25, 0.3) is 32.9 Å². The number of nitrogens with one attached hydrogen (secondary N) is 1. The molecule has 1 aliphatic carbocycles. The van der Waals surface area contributed by atoms with Crippen LogP contribution >= 0.6 is 7.14 Å². The highest BCUT2D eigenvalue weighted by Gasteiger charge is 2.45. The number of morpholine rings is 1. The number of ether oxygens (including phenoxy) is 3. The highest BCUT2D eigenvalue weighted by molar-refractivity contribution is 7.70. The van der Waals surface area contributed by atoms with Crippen molar-refractivity contribution >= 4 is 45.8 Å². The minimum absolute atomic E-state index is 0.00997. The number of carbonyl (C=O) groups excluding carboxylic acids is 1. The van der Waals surface area contributed by atoms with E-state index in [1.54, 1.807) is 25.5 Å². The fourth-order valence-electron chi connectivity index (χ4n) is 6.91. The number of halogens is 2. The largest absolute Gasteiger partial charge is 0.463 e. The van der Waals surface area contributed by atoms with Gasteiger partial charge >= 0.3 is 6.01 Å². The van der Waals surface area contributed by atoms with Gasteiger partial charge in [0.1, 0.15) is 30.0 Å². The van der Waals surface area contributed by atoms with Gasteiger partial charge in [0.05, 0.1) is 50.0 Å². The SMILES string of the molecule is C#Cc1c(F)ccc2cc(P(C)(C)=O)cc(-c3ncc4c(N5CCOCC(NC(=O)C=C)C5)nc(OCC5(CN6CCOCC6)CC5)nc4c3F)c12. The van der Waals surface area contributed by atoms with Crippen molar-refractivity contribution in [2.75, 3.05) is 84.0 Å². The van der Waals surface area contributed by atoms with Gasteiger partial charge in [-0.25, -0.2) is 8.78 Å². The van der Waals surface area contributed by atoms with E-state index < -0.39 is 24.8 Å². The van der Waals surface area contributed by atoms with Crippen molar-refractivity contribution < 1.29 is 32.4 Å². The molecule has 1 atom stereocenters. The summed E-state index contributed by atoms with van der Waals surface area (Å²) in [5.74, 6) is 0.987.